The minimum atomic E-state index is -0.302. The zero-order valence-electron chi connectivity index (χ0n) is 11.0. The molecular weight excluding hydrogens is 328 g/mol. The van der Waals surface area contributed by atoms with Gasteiger partial charge in [0.1, 0.15) is 5.82 Å². The van der Waals surface area contributed by atoms with Gasteiger partial charge in [-0.25, -0.2) is 4.39 Å². The van der Waals surface area contributed by atoms with E-state index >= 15 is 0 Å². The molecule has 0 aromatic heterocycles. The monoisotopic (exact) mass is 339 g/mol. The van der Waals surface area contributed by atoms with E-state index in [4.69, 9.17) is 28.9 Å². The molecule has 0 atom stereocenters. The minimum Gasteiger partial charge on any atom is -0.320 e. The van der Waals surface area contributed by atoms with Gasteiger partial charge in [-0.1, -0.05) is 35.0 Å². The quantitative estimate of drug-likeness (QED) is 0.645. The van der Waals surface area contributed by atoms with E-state index in [-0.39, 0.29) is 12.4 Å². The molecule has 108 valence electrons. The second kappa shape index (κ2) is 7.72. The molecule has 1 nitrogen and oxygen atoms in total. The Morgan fingerprint density at radius 2 is 1.90 bits per heavy atom. The van der Waals surface area contributed by atoms with Gasteiger partial charge in [-0.3, -0.25) is 0 Å². The third kappa shape index (κ3) is 4.94. The lowest BCUT2D eigenvalue weighted by atomic mass is 10.1. The van der Waals surface area contributed by atoms with Crippen molar-refractivity contribution in [1.29, 1.82) is 0 Å². The first kappa shape index (κ1) is 16.2. The van der Waals surface area contributed by atoms with E-state index < -0.39 is 0 Å². The lowest BCUT2D eigenvalue weighted by Gasteiger charge is -2.05. The van der Waals surface area contributed by atoms with Crippen LogP contribution in [0.3, 0.4) is 0 Å². The Morgan fingerprint density at radius 3 is 2.62 bits per heavy atom. The van der Waals surface area contributed by atoms with Gasteiger partial charge in [0, 0.05) is 16.2 Å². The second-order valence-electron chi connectivity index (χ2n) is 4.22. The van der Waals surface area contributed by atoms with Crippen molar-refractivity contribution in [2.45, 2.75) is 10.6 Å². The Labute approximate surface area is 137 Å². The number of thioether (sulfide) groups is 1. The lowest BCUT2D eigenvalue weighted by molar-refractivity contribution is 0.626. The van der Waals surface area contributed by atoms with Gasteiger partial charge in [-0.2, -0.15) is 0 Å². The van der Waals surface area contributed by atoms with Crippen LogP contribution in [-0.2, 0) is 5.75 Å². The molecule has 0 saturated carbocycles. The highest BCUT2D eigenvalue weighted by molar-refractivity contribution is 7.98. The van der Waals surface area contributed by atoms with Gasteiger partial charge in [0.15, 0.2) is 0 Å². The smallest absolute Gasteiger partial charge is 0.124 e. The number of benzene rings is 2. The summed E-state index contributed by atoms with van der Waals surface area (Å²) in [6.07, 6.45) is 0. The molecule has 2 aromatic carbocycles. The topological polar surface area (TPSA) is 26.0 Å². The van der Waals surface area contributed by atoms with Crippen molar-refractivity contribution in [3.63, 3.8) is 0 Å². The molecular formula is C16H12Cl2FNS. The summed E-state index contributed by atoms with van der Waals surface area (Å²) in [6.45, 7) is 0.254. The van der Waals surface area contributed by atoms with Gasteiger partial charge in [0.2, 0.25) is 0 Å². The lowest BCUT2D eigenvalue weighted by Crippen LogP contribution is -1.93. The van der Waals surface area contributed by atoms with Crippen LogP contribution in [0.1, 0.15) is 11.1 Å². The standard InChI is InChI=1S/C16H12Cl2FNS/c17-15-4-3-14(9-16(15)18)21-10-12-6-11(2-1-5-20)7-13(19)8-12/h3-4,6-9H,5,10,20H2. The third-order valence-electron chi connectivity index (χ3n) is 2.59. The van der Waals surface area contributed by atoms with Crippen molar-refractivity contribution in [2.24, 2.45) is 5.73 Å². The summed E-state index contributed by atoms with van der Waals surface area (Å²) in [7, 11) is 0. The SMILES string of the molecule is NCC#Cc1cc(F)cc(CSc2ccc(Cl)c(Cl)c2)c1. The molecule has 0 amide bonds. The number of halogens is 3. The highest BCUT2D eigenvalue weighted by Crippen LogP contribution is 2.30. The normalized spacial score (nSPS) is 10.1. The van der Waals surface area contributed by atoms with Gasteiger partial charge >= 0.3 is 0 Å². The maximum atomic E-state index is 13.6. The second-order valence-corrected chi connectivity index (χ2v) is 6.08. The van der Waals surface area contributed by atoms with Crippen LogP contribution in [0, 0.1) is 17.7 Å². The van der Waals surface area contributed by atoms with E-state index in [0.29, 0.717) is 21.4 Å². The van der Waals surface area contributed by atoms with Crippen LogP contribution in [0.4, 0.5) is 4.39 Å². The molecule has 2 rings (SSSR count). The van der Waals surface area contributed by atoms with E-state index in [1.54, 1.807) is 23.9 Å². The van der Waals surface area contributed by atoms with Crippen LogP contribution < -0.4 is 5.73 Å². The van der Waals surface area contributed by atoms with Gasteiger partial charge in [0.25, 0.3) is 0 Å². The molecule has 0 saturated heterocycles. The Bertz CT molecular complexity index is 707. The molecule has 0 aliphatic heterocycles. The number of hydrogen-bond donors (Lipinski definition) is 1. The summed E-state index contributed by atoms with van der Waals surface area (Å²) >= 11 is 13.4. The first-order chi connectivity index (χ1) is 10.1. The van der Waals surface area contributed by atoms with E-state index in [2.05, 4.69) is 11.8 Å². The fourth-order valence-corrected chi connectivity index (χ4v) is 2.92. The molecule has 2 N–H and O–H groups in total. The molecule has 0 spiro atoms. The highest BCUT2D eigenvalue weighted by atomic mass is 35.5. The molecule has 0 aliphatic carbocycles. The number of rotatable bonds is 3. The van der Waals surface area contributed by atoms with Crippen LogP contribution >= 0.6 is 35.0 Å². The molecule has 0 unspecified atom stereocenters. The van der Waals surface area contributed by atoms with Gasteiger partial charge in [-0.15, -0.1) is 11.8 Å². The predicted molar refractivity (Wildman–Crippen MR) is 88.4 cm³/mol. The zero-order valence-corrected chi connectivity index (χ0v) is 13.3. The van der Waals surface area contributed by atoms with Crippen molar-refractivity contribution < 1.29 is 4.39 Å². The van der Waals surface area contributed by atoms with Crippen LogP contribution in [0.25, 0.3) is 0 Å². The van der Waals surface area contributed by atoms with Crippen molar-refractivity contribution >= 4 is 35.0 Å². The molecule has 21 heavy (non-hydrogen) atoms. The Hall–Kier alpha value is -1.18. The van der Waals surface area contributed by atoms with Crippen LogP contribution in [0.5, 0.6) is 0 Å². The molecule has 0 fully saturated rings. The van der Waals surface area contributed by atoms with Crippen molar-refractivity contribution in [3.05, 3.63) is 63.4 Å². The average Bonchev–Trinajstić information content (AvgIpc) is 2.46. The number of hydrogen-bond acceptors (Lipinski definition) is 2. The van der Waals surface area contributed by atoms with Gasteiger partial charge in [-0.05, 0) is 42.0 Å². The van der Waals surface area contributed by atoms with E-state index in [1.165, 1.54) is 12.1 Å². The van der Waals surface area contributed by atoms with Gasteiger partial charge in [0.05, 0.1) is 16.6 Å². The summed E-state index contributed by atoms with van der Waals surface area (Å²) in [5.74, 6) is 5.87. The fourth-order valence-electron chi connectivity index (χ4n) is 1.69. The predicted octanol–water partition coefficient (Wildman–Crippen LogP) is 4.74. The first-order valence-electron chi connectivity index (χ1n) is 6.15. The molecule has 0 radical (unpaired) electrons. The molecule has 0 heterocycles. The van der Waals surface area contributed by atoms with E-state index in [1.807, 2.05) is 12.1 Å². The number of nitrogens with two attached hydrogens (primary N) is 1. The van der Waals surface area contributed by atoms with Crippen LogP contribution in [0.15, 0.2) is 41.3 Å². The summed E-state index contributed by atoms with van der Waals surface area (Å²) in [6, 6.07) is 10.2. The summed E-state index contributed by atoms with van der Waals surface area (Å²) in [5, 5.41) is 1.03. The Morgan fingerprint density at radius 1 is 1.10 bits per heavy atom. The Balaban J connectivity index is 2.12. The Kier molecular flexibility index (Phi) is 5.96. The maximum Gasteiger partial charge on any atom is 0.124 e. The van der Waals surface area contributed by atoms with E-state index in [0.717, 1.165) is 10.5 Å². The highest BCUT2D eigenvalue weighted by Gasteiger charge is 2.03. The molecule has 2 aromatic rings. The van der Waals surface area contributed by atoms with Crippen molar-refractivity contribution in [1.82, 2.24) is 0 Å². The third-order valence-corrected chi connectivity index (χ3v) is 4.39. The minimum absolute atomic E-state index is 0.254. The van der Waals surface area contributed by atoms with E-state index in [9.17, 15) is 4.39 Å². The summed E-state index contributed by atoms with van der Waals surface area (Å²) in [5.41, 5.74) is 6.80. The fraction of sp³-hybridized carbons (Fsp3) is 0.125. The molecule has 0 aliphatic rings. The summed E-state index contributed by atoms with van der Waals surface area (Å²) < 4.78 is 13.6. The van der Waals surface area contributed by atoms with Crippen LogP contribution in [0.2, 0.25) is 10.0 Å². The zero-order chi connectivity index (χ0) is 15.2. The molecule has 5 heteroatoms. The van der Waals surface area contributed by atoms with Crippen LogP contribution in [-0.4, -0.2) is 6.54 Å². The van der Waals surface area contributed by atoms with Gasteiger partial charge < -0.3 is 5.73 Å². The largest absolute Gasteiger partial charge is 0.320 e. The van der Waals surface area contributed by atoms with Crippen molar-refractivity contribution in [2.75, 3.05) is 6.54 Å². The molecule has 0 bridgehead atoms. The van der Waals surface area contributed by atoms with Crippen molar-refractivity contribution in [3.8, 4) is 11.8 Å². The maximum absolute atomic E-state index is 13.6. The average molecular weight is 340 g/mol. The summed E-state index contributed by atoms with van der Waals surface area (Å²) in [4.78, 5) is 0.975. The first-order valence-corrected chi connectivity index (χ1v) is 7.89.